The standard InChI is InChI=1S/C23H33N5O/c1-16-4-9-21-20(14-16)23(28-12-10-18(24)15-28)27-22(26-21)17-5-7-19(8-6-17)25-11-3-13-29-2/h4,9,14,17-18H,3,5-8,10-13,15,24H2,1-2H3/t17?,18-/m0/s1. The maximum absolute atomic E-state index is 6.19. The van der Waals surface area contributed by atoms with E-state index in [1.165, 1.54) is 11.3 Å². The molecule has 1 aromatic carbocycles. The Balaban J connectivity index is 1.54. The van der Waals surface area contributed by atoms with Gasteiger partial charge in [-0.1, -0.05) is 11.6 Å². The second-order valence-electron chi connectivity index (χ2n) is 8.49. The Morgan fingerprint density at radius 1 is 1.21 bits per heavy atom. The number of ether oxygens (including phenoxy) is 1. The van der Waals surface area contributed by atoms with E-state index in [4.69, 9.17) is 25.4 Å². The van der Waals surface area contributed by atoms with Gasteiger partial charge in [-0.3, -0.25) is 4.99 Å². The van der Waals surface area contributed by atoms with E-state index in [1.54, 1.807) is 7.11 Å². The molecule has 0 amide bonds. The highest BCUT2D eigenvalue weighted by Crippen LogP contribution is 2.34. The van der Waals surface area contributed by atoms with E-state index in [0.29, 0.717) is 5.92 Å². The first-order valence-electron chi connectivity index (χ1n) is 10.9. The molecule has 2 N–H and O–H groups in total. The van der Waals surface area contributed by atoms with Crippen LogP contribution in [0.25, 0.3) is 10.9 Å². The number of rotatable bonds is 6. The van der Waals surface area contributed by atoms with Crippen LogP contribution in [0.3, 0.4) is 0 Å². The van der Waals surface area contributed by atoms with E-state index in [9.17, 15) is 0 Å². The molecule has 156 valence electrons. The maximum Gasteiger partial charge on any atom is 0.140 e. The van der Waals surface area contributed by atoms with Crippen molar-refractivity contribution in [2.24, 2.45) is 10.7 Å². The predicted octanol–water partition coefficient (Wildman–Crippen LogP) is 3.61. The smallest absolute Gasteiger partial charge is 0.140 e. The van der Waals surface area contributed by atoms with Crippen LogP contribution in [0.5, 0.6) is 0 Å². The molecule has 1 saturated heterocycles. The third-order valence-corrected chi connectivity index (χ3v) is 6.14. The summed E-state index contributed by atoms with van der Waals surface area (Å²) in [4.78, 5) is 17.2. The fourth-order valence-corrected chi connectivity index (χ4v) is 4.46. The molecule has 4 rings (SSSR count). The van der Waals surface area contributed by atoms with Crippen LogP contribution in [0.4, 0.5) is 5.82 Å². The summed E-state index contributed by atoms with van der Waals surface area (Å²) < 4.78 is 5.11. The Hall–Kier alpha value is -2.05. The highest BCUT2D eigenvalue weighted by atomic mass is 16.5. The molecule has 0 bridgehead atoms. The highest BCUT2D eigenvalue weighted by molar-refractivity contribution is 5.90. The number of aliphatic imine (C=N–C) groups is 1. The van der Waals surface area contributed by atoms with Crippen LogP contribution in [0.1, 0.15) is 55.8 Å². The summed E-state index contributed by atoms with van der Waals surface area (Å²) >= 11 is 0. The molecule has 1 aliphatic carbocycles. The van der Waals surface area contributed by atoms with Gasteiger partial charge in [-0.25, -0.2) is 9.97 Å². The Labute approximate surface area is 173 Å². The number of benzene rings is 1. The number of aryl methyl sites for hydroxylation is 1. The Morgan fingerprint density at radius 2 is 2.03 bits per heavy atom. The van der Waals surface area contributed by atoms with Crippen molar-refractivity contribution in [3.05, 3.63) is 29.6 Å². The summed E-state index contributed by atoms with van der Waals surface area (Å²) in [5.41, 5.74) is 9.82. The zero-order chi connectivity index (χ0) is 20.2. The molecule has 2 aromatic rings. The largest absolute Gasteiger partial charge is 0.385 e. The molecule has 6 nitrogen and oxygen atoms in total. The van der Waals surface area contributed by atoms with E-state index >= 15 is 0 Å². The van der Waals surface area contributed by atoms with Crippen LogP contribution in [-0.4, -0.2) is 55.1 Å². The molecule has 1 aliphatic heterocycles. The first kappa shape index (κ1) is 20.2. The van der Waals surface area contributed by atoms with Crippen molar-refractivity contribution >= 4 is 22.4 Å². The molecule has 6 heteroatoms. The van der Waals surface area contributed by atoms with Gasteiger partial charge in [-0.2, -0.15) is 0 Å². The lowest BCUT2D eigenvalue weighted by atomic mass is 9.87. The number of fused-ring (bicyclic) bond motifs is 1. The molecule has 2 fully saturated rings. The van der Waals surface area contributed by atoms with E-state index in [2.05, 4.69) is 30.0 Å². The van der Waals surface area contributed by atoms with E-state index in [0.717, 1.165) is 87.3 Å². The average molecular weight is 396 g/mol. The van der Waals surface area contributed by atoms with Crippen LogP contribution >= 0.6 is 0 Å². The number of nitrogens with zero attached hydrogens (tertiary/aromatic N) is 4. The number of methoxy groups -OCH3 is 1. The fraction of sp³-hybridized carbons (Fsp3) is 0.609. The van der Waals surface area contributed by atoms with Gasteiger partial charge in [0.05, 0.1) is 5.52 Å². The van der Waals surface area contributed by atoms with Gasteiger partial charge in [0.25, 0.3) is 0 Å². The highest BCUT2D eigenvalue weighted by Gasteiger charge is 2.26. The first-order chi connectivity index (χ1) is 14.1. The van der Waals surface area contributed by atoms with Crippen molar-refractivity contribution < 1.29 is 4.74 Å². The first-order valence-corrected chi connectivity index (χ1v) is 10.9. The van der Waals surface area contributed by atoms with E-state index in [-0.39, 0.29) is 6.04 Å². The lowest BCUT2D eigenvalue weighted by Gasteiger charge is -2.25. The van der Waals surface area contributed by atoms with Crippen molar-refractivity contribution in [1.29, 1.82) is 0 Å². The normalized spacial score (nSPS) is 22.4. The quantitative estimate of drug-likeness (QED) is 0.756. The minimum atomic E-state index is 0.236. The topological polar surface area (TPSA) is 76.6 Å². The minimum absolute atomic E-state index is 0.236. The monoisotopic (exact) mass is 395 g/mol. The SMILES string of the molecule is COCCCN=C1CCC(c2nc(N3CC[C@H](N)C3)c3cc(C)ccc3n2)CC1. The Bertz CT molecular complexity index is 871. The number of hydrogen-bond donors (Lipinski definition) is 1. The number of anilines is 1. The lowest BCUT2D eigenvalue weighted by molar-refractivity contribution is 0.197. The molecular weight excluding hydrogens is 362 g/mol. The van der Waals surface area contributed by atoms with Crippen LogP contribution in [0.2, 0.25) is 0 Å². The van der Waals surface area contributed by atoms with Crippen LogP contribution < -0.4 is 10.6 Å². The zero-order valence-electron chi connectivity index (χ0n) is 17.7. The van der Waals surface area contributed by atoms with Crippen LogP contribution in [-0.2, 0) is 4.74 Å². The summed E-state index contributed by atoms with van der Waals surface area (Å²) in [5.74, 6) is 2.48. The predicted molar refractivity (Wildman–Crippen MR) is 119 cm³/mol. The molecule has 1 atom stereocenters. The molecule has 0 unspecified atom stereocenters. The van der Waals surface area contributed by atoms with Gasteiger partial charge in [-0.15, -0.1) is 0 Å². The Kier molecular flexibility index (Phi) is 6.40. The summed E-state index contributed by atoms with van der Waals surface area (Å²) in [6.45, 7) is 5.64. The minimum Gasteiger partial charge on any atom is -0.385 e. The number of nitrogens with two attached hydrogens (primary N) is 1. The molecule has 2 aliphatic rings. The maximum atomic E-state index is 6.19. The van der Waals surface area contributed by atoms with Crippen molar-refractivity contribution in [3.63, 3.8) is 0 Å². The molecule has 1 aromatic heterocycles. The average Bonchev–Trinajstić information content (AvgIpc) is 3.17. The summed E-state index contributed by atoms with van der Waals surface area (Å²) in [6.07, 6.45) is 6.30. The number of aromatic nitrogens is 2. The summed E-state index contributed by atoms with van der Waals surface area (Å²) in [6, 6.07) is 6.73. The van der Waals surface area contributed by atoms with Gasteiger partial charge in [0.2, 0.25) is 0 Å². The van der Waals surface area contributed by atoms with E-state index in [1.807, 2.05) is 0 Å². The molecule has 2 heterocycles. The zero-order valence-corrected chi connectivity index (χ0v) is 17.7. The molecule has 0 spiro atoms. The van der Waals surface area contributed by atoms with Gasteiger partial charge >= 0.3 is 0 Å². The van der Waals surface area contributed by atoms with E-state index < -0.39 is 0 Å². The molecule has 0 radical (unpaired) electrons. The third-order valence-electron chi connectivity index (χ3n) is 6.14. The third kappa shape index (κ3) is 4.75. The van der Waals surface area contributed by atoms with Gasteiger partial charge in [0.1, 0.15) is 11.6 Å². The van der Waals surface area contributed by atoms with Crippen molar-refractivity contribution in [3.8, 4) is 0 Å². The van der Waals surface area contributed by atoms with Crippen LogP contribution in [0, 0.1) is 6.92 Å². The fourth-order valence-electron chi connectivity index (χ4n) is 4.46. The van der Waals surface area contributed by atoms with Gasteiger partial charge in [0.15, 0.2) is 0 Å². The summed E-state index contributed by atoms with van der Waals surface area (Å²) in [5, 5.41) is 1.15. The molecule has 1 saturated carbocycles. The van der Waals surface area contributed by atoms with Gasteiger partial charge in [-0.05, 0) is 57.6 Å². The second-order valence-corrected chi connectivity index (χ2v) is 8.49. The van der Waals surface area contributed by atoms with Crippen molar-refractivity contribution in [2.75, 3.05) is 38.3 Å². The Morgan fingerprint density at radius 3 is 2.76 bits per heavy atom. The van der Waals surface area contributed by atoms with Crippen molar-refractivity contribution in [1.82, 2.24) is 9.97 Å². The molecule has 29 heavy (non-hydrogen) atoms. The summed E-state index contributed by atoms with van der Waals surface area (Å²) in [7, 11) is 1.74. The van der Waals surface area contributed by atoms with Gasteiger partial charge in [0, 0.05) is 56.4 Å². The van der Waals surface area contributed by atoms with Gasteiger partial charge < -0.3 is 15.4 Å². The second kappa shape index (κ2) is 9.18. The van der Waals surface area contributed by atoms with Crippen LogP contribution in [0.15, 0.2) is 23.2 Å². The van der Waals surface area contributed by atoms with Crippen molar-refractivity contribution in [2.45, 2.75) is 57.4 Å². The number of hydrogen-bond acceptors (Lipinski definition) is 6. The molecular formula is C23H33N5O. The lowest BCUT2D eigenvalue weighted by Crippen LogP contribution is -2.27.